The van der Waals surface area contributed by atoms with Gasteiger partial charge >= 0.3 is 0 Å². The average Bonchev–Trinajstić information content (AvgIpc) is 2.65. The number of aryl methyl sites for hydroxylation is 2. The largest absolute Gasteiger partial charge is 0.365 e. The van der Waals surface area contributed by atoms with Gasteiger partial charge in [0.15, 0.2) is 13.1 Å². The quantitative estimate of drug-likeness (QED) is 0.756. The van der Waals surface area contributed by atoms with Crippen molar-refractivity contribution in [1.82, 2.24) is 0 Å². The van der Waals surface area contributed by atoms with Crippen molar-refractivity contribution in [3.8, 4) is 0 Å². The van der Waals surface area contributed by atoms with Crippen molar-refractivity contribution in [2.45, 2.75) is 32.6 Å². The number of quaternary nitrogens is 1. The van der Waals surface area contributed by atoms with Gasteiger partial charge in [0.05, 0.1) is 13.1 Å². The Kier molecular flexibility index (Phi) is 6.15. The normalized spacial score (nSPS) is 21.9. The lowest BCUT2D eigenvalue weighted by Gasteiger charge is -2.43. The maximum Gasteiger partial charge on any atom is 0.279 e. The molecule has 5 nitrogen and oxygen atoms in total. The van der Waals surface area contributed by atoms with E-state index in [1.807, 2.05) is 50.2 Å². The summed E-state index contributed by atoms with van der Waals surface area (Å²) < 4.78 is 0.422. The first kappa shape index (κ1) is 20.1. The Labute approximate surface area is 167 Å². The lowest BCUT2D eigenvalue weighted by Crippen LogP contribution is -2.60. The van der Waals surface area contributed by atoms with Gasteiger partial charge in [0.1, 0.15) is 0 Å². The van der Waals surface area contributed by atoms with Gasteiger partial charge in [-0.25, -0.2) is 0 Å². The fourth-order valence-electron chi connectivity index (χ4n) is 4.49. The maximum atomic E-state index is 12.9. The molecule has 2 aromatic rings. The number of nitrogens with one attached hydrogen (secondary N) is 1. The Bertz CT molecular complexity index is 830. The highest BCUT2D eigenvalue weighted by Crippen LogP contribution is 2.31. The van der Waals surface area contributed by atoms with E-state index in [-0.39, 0.29) is 24.9 Å². The molecule has 28 heavy (non-hydrogen) atoms. The first-order valence-electron chi connectivity index (χ1n) is 9.93. The van der Waals surface area contributed by atoms with Gasteiger partial charge < -0.3 is 15.5 Å². The van der Waals surface area contributed by atoms with Gasteiger partial charge in [-0.15, -0.1) is 0 Å². The van der Waals surface area contributed by atoms with Gasteiger partial charge in [-0.2, -0.15) is 0 Å². The summed E-state index contributed by atoms with van der Waals surface area (Å²) in [6, 6.07) is 16.3. The van der Waals surface area contributed by atoms with E-state index in [0.29, 0.717) is 10.4 Å². The van der Waals surface area contributed by atoms with Crippen LogP contribution in [0.5, 0.6) is 0 Å². The van der Waals surface area contributed by atoms with Crippen LogP contribution >= 0.6 is 0 Å². The molecule has 1 heterocycles. The van der Waals surface area contributed by atoms with Gasteiger partial charge in [0.25, 0.3) is 11.8 Å². The topological polar surface area (TPSA) is 72.2 Å². The van der Waals surface area contributed by atoms with Gasteiger partial charge in [0, 0.05) is 11.6 Å². The summed E-state index contributed by atoms with van der Waals surface area (Å²) in [5.74, 6) is -0.0803. The molecule has 3 rings (SSSR count). The van der Waals surface area contributed by atoms with Crippen LogP contribution < -0.4 is 11.1 Å². The Balaban J connectivity index is 1.79. The fourth-order valence-corrected chi connectivity index (χ4v) is 4.49. The van der Waals surface area contributed by atoms with Crippen LogP contribution in [0.3, 0.4) is 0 Å². The summed E-state index contributed by atoms with van der Waals surface area (Å²) in [7, 11) is 0. The molecule has 3 N–H and O–H groups in total. The number of piperidine rings is 1. The predicted molar refractivity (Wildman–Crippen MR) is 112 cm³/mol. The molecular weight excluding hydrogens is 350 g/mol. The van der Waals surface area contributed by atoms with Crippen LogP contribution in [0.4, 0.5) is 5.69 Å². The highest BCUT2D eigenvalue weighted by Gasteiger charge is 2.39. The molecule has 0 bridgehead atoms. The van der Waals surface area contributed by atoms with E-state index >= 15 is 0 Å². The molecule has 0 spiro atoms. The number of benzene rings is 2. The second kappa shape index (κ2) is 8.57. The lowest BCUT2D eigenvalue weighted by molar-refractivity contribution is -0.918. The predicted octanol–water partition coefficient (Wildman–Crippen LogP) is 3.12. The molecule has 0 aliphatic carbocycles. The van der Waals surface area contributed by atoms with E-state index in [0.717, 1.165) is 42.7 Å². The number of hydrogen-bond donors (Lipinski definition) is 2. The van der Waals surface area contributed by atoms with Crippen LogP contribution in [0, 0.1) is 13.8 Å². The van der Waals surface area contributed by atoms with Gasteiger partial charge in [-0.05, 0) is 43.4 Å². The van der Waals surface area contributed by atoms with E-state index in [2.05, 4.69) is 17.4 Å². The van der Waals surface area contributed by atoms with E-state index in [9.17, 15) is 9.59 Å². The molecule has 1 saturated heterocycles. The summed E-state index contributed by atoms with van der Waals surface area (Å²) >= 11 is 0. The third-order valence-corrected chi connectivity index (χ3v) is 5.78. The number of carbonyl (C=O) groups excluding carboxylic acids is 2. The van der Waals surface area contributed by atoms with E-state index in [4.69, 9.17) is 5.73 Å². The van der Waals surface area contributed by atoms with Gasteiger partial charge in [-0.3, -0.25) is 9.59 Å². The number of likely N-dealkylation sites (tertiary alicyclic amines) is 1. The van der Waals surface area contributed by atoms with Crippen LogP contribution in [-0.2, 0) is 9.59 Å². The number of rotatable bonds is 6. The van der Waals surface area contributed by atoms with Crippen molar-refractivity contribution in [2.24, 2.45) is 5.73 Å². The molecular formula is C23H30N3O2+. The van der Waals surface area contributed by atoms with Crippen LogP contribution in [0.1, 0.15) is 35.4 Å². The Morgan fingerprint density at radius 1 is 1.04 bits per heavy atom. The Hall–Kier alpha value is -2.66. The third kappa shape index (κ3) is 4.78. The Morgan fingerprint density at radius 3 is 2.36 bits per heavy atom. The smallest absolute Gasteiger partial charge is 0.279 e. The molecule has 1 aliphatic heterocycles. The lowest BCUT2D eigenvalue weighted by atomic mass is 9.89. The SMILES string of the molecule is Cc1cccc(C)c1NC(=O)C[N+]1(CC(N)=O)CCCC(c2ccccc2)C1. The summed E-state index contributed by atoms with van der Waals surface area (Å²) in [6.45, 7) is 5.99. The minimum absolute atomic E-state index is 0.0626. The molecule has 148 valence electrons. The summed E-state index contributed by atoms with van der Waals surface area (Å²) in [5, 5.41) is 3.07. The molecule has 2 aromatic carbocycles. The molecule has 5 heteroatoms. The van der Waals surface area contributed by atoms with E-state index in [1.165, 1.54) is 5.56 Å². The van der Waals surface area contributed by atoms with Crippen LogP contribution in [-0.4, -0.2) is 42.5 Å². The zero-order valence-corrected chi connectivity index (χ0v) is 16.8. The maximum absolute atomic E-state index is 12.9. The van der Waals surface area contributed by atoms with Gasteiger partial charge in [0.2, 0.25) is 0 Å². The monoisotopic (exact) mass is 380 g/mol. The molecule has 0 aromatic heterocycles. The molecule has 0 saturated carbocycles. The number of carbonyl (C=O) groups is 2. The van der Waals surface area contributed by atoms with Crippen molar-refractivity contribution in [3.63, 3.8) is 0 Å². The van der Waals surface area contributed by atoms with Crippen LogP contribution in [0.15, 0.2) is 48.5 Å². The highest BCUT2D eigenvalue weighted by atomic mass is 16.2. The Morgan fingerprint density at radius 2 is 1.71 bits per heavy atom. The number of hydrogen-bond acceptors (Lipinski definition) is 2. The van der Waals surface area contributed by atoms with Crippen molar-refractivity contribution in [3.05, 3.63) is 65.2 Å². The first-order chi connectivity index (χ1) is 13.4. The van der Waals surface area contributed by atoms with Crippen LogP contribution in [0.2, 0.25) is 0 Å². The van der Waals surface area contributed by atoms with Gasteiger partial charge in [-0.1, -0.05) is 48.5 Å². The van der Waals surface area contributed by atoms with E-state index in [1.54, 1.807) is 0 Å². The zero-order valence-electron chi connectivity index (χ0n) is 16.8. The van der Waals surface area contributed by atoms with Crippen molar-refractivity contribution >= 4 is 17.5 Å². The number of nitrogens with two attached hydrogens (primary N) is 1. The minimum Gasteiger partial charge on any atom is -0.365 e. The van der Waals surface area contributed by atoms with E-state index < -0.39 is 0 Å². The number of anilines is 1. The highest BCUT2D eigenvalue weighted by molar-refractivity contribution is 5.93. The number of amides is 2. The first-order valence-corrected chi connectivity index (χ1v) is 9.93. The second-order valence-electron chi connectivity index (χ2n) is 8.10. The molecule has 0 radical (unpaired) electrons. The molecule has 2 amide bonds. The average molecular weight is 381 g/mol. The number of primary amides is 1. The zero-order chi connectivity index (χ0) is 20.1. The molecule has 1 fully saturated rings. The third-order valence-electron chi connectivity index (χ3n) is 5.78. The standard InChI is InChI=1S/C23H29N3O2/c1-17-8-6-9-18(2)23(17)25-22(28)16-26(15-21(24)27)13-7-12-20(14-26)19-10-4-3-5-11-19/h3-6,8-11,20H,7,12-16H2,1-2H3,(H2-,24,25,27,28)/p+1. The van der Waals surface area contributed by atoms with Crippen molar-refractivity contribution in [2.75, 3.05) is 31.5 Å². The van der Waals surface area contributed by atoms with Crippen molar-refractivity contribution < 1.29 is 14.1 Å². The summed E-state index contributed by atoms with van der Waals surface area (Å²) in [5.41, 5.74) is 9.79. The summed E-state index contributed by atoms with van der Waals surface area (Å²) in [6.07, 6.45) is 2.05. The fraction of sp³-hybridized carbons (Fsp3) is 0.391. The molecule has 1 aliphatic rings. The minimum atomic E-state index is -0.353. The number of nitrogens with zero attached hydrogens (tertiary/aromatic N) is 1. The summed E-state index contributed by atoms with van der Waals surface area (Å²) in [4.78, 5) is 24.8. The second-order valence-corrected chi connectivity index (χ2v) is 8.10. The molecule has 2 unspecified atom stereocenters. The number of para-hydroxylation sites is 1. The van der Waals surface area contributed by atoms with Crippen molar-refractivity contribution in [1.29, 1.82) is 0 Å². The molecule has 2 atom stereocenters. The van der Waals surface area contributed by atoms with Crippen LogP contribution in [0.25, 0.3) is 0 Å².